The summed E-state index contributed by atoms with van der Waals surface area (Å²) in [5.74, 6) is -0.834. The Labute approximate surface area is 104 Å². The molecule has 0 aromatic rings. The number of unbranched alkanes of at least 4 members (excludes halogenated alkanes) is 1. The van der Waals surface area contributed by atoms with E-state index in [0.29, 0.717) is 6.54 Å². The van der Waals surface area contributed by atoms with E-state index in [9.17, 15) is 9.59 Å². The quantitative estimate of drug-likeness (QED) is 0.600. The predicted molar refractivity (Wildman–Crippen MR) is 67.6 cm³/mol. The standard InChI is InChI=1S/C13H24N2O2/c1-3-4-10-14-12(16)13(17)15(2)11-8-6-5-7-9-11/h11H,3-10H2,1-2H3,(H,14,16). The highest BCUT2D eigenvalue weighted by molar-refractivity contribution is 6.35. The Balaban J connectivity index is 2.36. The molecule has 0 aromatic carbocycles. The van der Waals surface area contributed by atoms with E-state index in [0.717, 1.165) is 25.7 Å². The van der Waals surface area contributed by atoms with Crippen LogP contribution in [0.15, 0.2) is 0 Å². The lowest BCUT2D eigenvalue weighted by Gasteiger charge is -2.30. The van der Waals surface area contributed by atoms with Crippen LogP contribution < -0.4 is 5.32 Å². The topological polar surface area (TPSA) is 49.4 Å². The van der Waals surface area contributed by atoms with E-state index in [1.165, 1.54) is 19.3 Å². The minimum Gasteiger partial charge on any atom is -0.348 e. The number of hydrogen-bond acceptors (Lipinski definition) is 2. The molecule has 1 N–H and O–H groups in total. The van der Waals surface area contributed by atoms with Gasteiger partial charge >= 0.3 is 11.8 Å². The average Bonchev–Trinajstić information content (AvgIpc) is 2.38. The van der Waals surface area contributed by atoms with Gasteiger partial charge in [-0.2, -0.15) is 0 Å². The van der Waals surface area contributed by atoms with E-state index in [-0.39, 0.29) is 11.9 Å². The summed E-state index contributed by atoms with van der Waals surface area (Å²) < 4.78 is 0. The van der Waals surface area contributed by atoms with Crippen LogP contribution in [0.4, 0.5) is 0 Å². The number of amides is 2. The van der Waals surface area contributed by atoms with Crippen molar-refractivity contribution in [1.82, 2.24) is 10.2 Å². The van der Waals surface area contributed by atoms with Crippen LogP contribution in [0.5, 0.6) is 0 Å². The van der Waals surface area contributed by atoms with Crippen LogP contribution in [0.25, 0.3) is 0 Å². The van der Waals surface area contributed by atoms with Crippen LogP contribution >= 0.6 is 0 Å². The van der Waals surface area contributed by atoms with Gasteiger partial charge in [-0.05, 0) is 19.3 Å². The summed E-state index contributed by atoms with van der Waals surface area (Å²) in [6.45, 7) is 2.65. The molecule has 0 saturated heterocycles. The molecule has 0 atom stereocenters. The predicted octanol–water partition coefficient (Wildman–Crippen LogP) is 1.69. The second-order valence-electron chi connectivity index (χ2n) is 4.82. The SMILES string of the molecule is CCCCNC(=O)C(=O)N(C)C1CCCCC1. The summed E-state index contributed by atoms with van der Waals surface area (Å²) >= 11 is 0. The molecule has 0 radical (unpaired) electrons. The number of rotatable bonds is 4. The minimum absolute atomic E-state index is 0.258. The second kappa shape index (κ2) is 7.30. The average molecular weight is 240 g/mol. The van der Waals surface area contributed by atoms with Gasteiger partial charge in [0.2, 0.25) is 0 Å². The van der Waals surface area contributed by atoms with Crippen molar-refractivity contribution in [2.24, 2.45) is 0 Å². The van der Waals surface area contributed by atoms with Gasteiger partial charge in [-0.1, -0.05) is 32.6 Å². The number of nitrogens with zero attached hydrogens (tertiary/aromatic N) is 1. The van der Waals surface area contributed by atoms with Crippen LogP contribution in [-0.4, -0.2) is 36.3 Å². The van der Waals surface area contributed by atoms with Crippen molar-refractivity contribution in [3.8, 4) is 0 Å². The summed E-state index contributed by atoms with van der Waals surface area (Å²) in [5, 5.41) is 2.67. The Morgan fingerprint density at radius 3 is 2.47 bits per heavy atom. The van der Waals surface area contributed by atoms with Crippen molar-refractivity contribution in [1.29, 1.82) is 0 Å². The Morgan fingerprint density at radius 2 is 1.88 bits per heavy atom. The zero-order valence-electron chi connectivity index (χ0n) is 11.0. The number of nitrogens with one attached hydrogen (secondary N) is 1. The number of carbonyl (C=O) groups excluding carboxylic acids is 2. The van der Waals surface area contributed by atoms with Crippen LogP contribution in [-0.2, 0) is 9.59 Å². The molecule has 17 heavy (non-hydrogen) atoms. The number of hydrogen-bond donors (Lipinski definition) is 1. The van der Waals surface area contributed by atoms with Gasteiger partial charge < -0.3 is 10.2 Å². The van der Waals surface area contributed by atoms with E-state index in [4.69, 9.17) is 0 Å². The first-order chi connectivity index (χ1) is 8.16. The van der Waals surface area contributed by atoms with Crippen LogP contribution in [0.2, 0.25) is 0 Å². The third-order valence-electron chi connectivity index (χ3n) is 3.45. The smallest absolute Gasteiger partial charge is 0.311 e. The van der Waals surface area contributed by atoms with Gasteiger partial charge in [-0.15, -0.1) is 0 Å². The maximum absolute atomic E-state index is 11.9. The highest BCUT2D eigenvalue weighted by Crippen LogP contribution is 2.21. The van der Waals surface area contributed by atoms with E-state index in [1.54, 1.807) is 11.9 Å². The summed E-state index contributed by atoms with van der Waals surface area (Å²) in [6.07, 6.45) is 7.59. The molecular weight excluding hydrogens is 216 g/mol. The maximum atomic E-state index is 11.9. The first-order valence-corrected chi connectivity index (χ1v) is 6.71. The van der Waals surface area contributed by atoms with Crippen molar-refractivity contribution in [3.05, 3.63) is 0 Å². The molecule has 0 aliphatic heterocycles. The van der Waals surface area contributed by atoms with Gasteiger partial charge in [-0.3, -0.25) is 9.59 Å². The molecule has 1 rings (SSSR count). The zero-order valence-corrected chi connectivity index (χ0v) is 11.0. The molecule has 1 saturated carbocycles. The molecule has 0 aromatic heterocycles. The van der Waals surface area contributed by atoms with Gasteiger partial charge in [0.05, 0.1) is 0 Å². The molecule has 0 bridgehead atoms. The lowest BCUT2D eigenvalue weighted by Crippen LogP contribution is -2.46. The molecule has 98 valence electrons. The Bertz CT molecular complexity index is 260. The largest absolute Gasteiger partial charge is 0.348 e. The first kappa shape index (κ1) is 14.0. The van der Waals surface area contributed by atoms with E-state index in [2.05, 4.69) is 12.2 Å². The summed E-state index contributed by atoms with van der Waals surface area (Å²) in [6, 6.07) is 0.258. The third-order valence-corrected chi connectivity index (χ3v) is 3.45. The van der Waals surface area contributed by atoms with Crippen molar-refractivity contribution in [3.63, 3.8) is 0 Å². The van der Waals surface area contributed by atoms with Crippen LogP contribution in [0.3, 0.4) is 0 Å². The van der Waals surface area contributed by atoms with Crippen molar-refractivity contribution in [2.75, 3.05) is 13.6 Å². The first-order valence-electron chi connectivity index (χ1n) is 6.71. The normalized spacial score (nSPS) is 16.6. The second-order valence-corrected chi connectivity index (χ2v) is 4.82. The fourth-order valence-corrected chi connectivity index (χ4v) is 2.25. The fraction of sp³-hybridized carbons (Fsp3) is 0.846. The number of likely N-dealkylation sites (N-methyl/N-ethyl adjacent to an activating group) is 1. The summed E-state index contributed by atoms with van der Waals surface area (Å²) in [5.41, 5.74) is 0. The highest BCUT2D eigenvalue weighted by atomic mass is 16.2. The minimum atomic E-state index is -0.452. The Kier molecular flexibility index (Phi) is 6.01. The lowest BCUT2D eigenvalue weighted by atomic mass is 9.94. The molecule has 1 aliphatic carbocycles. The van der Waals surface area contributed by atoms with Gasteiger partial charge in [0.25, 0.3) is 0 Å². The molecule has 4 nitrogen and oxygen atoms in total. The van der Waals surface area contributed by atoms with Gasteiger partial charge in [-0.25, -0.2) is 0 Å². The molecule has 1 aliphatic rings. The third kappa shape index (κ3) is 4.36. The van der Waals surface area contributed by atoms with Gasteiger partial charge in [0.1, 0.15) is 0 Å². The molecule has 0 spiro atoms. The molecule has 1 fully saturated rings. The maximum Gasteiger partial charge on any atom is 0.311 e. The van der Waals surface area contributed by atoms with Gasteiger partial charge in [0, 0.05) is 19.6 Å². The molecule has 4 heteroatoms. The Morgan fingerprint density at radius 1 is 1.24 bits per heavy atom. The van der Waals surface area contributed by atoms with Crippen molar-refractivity contribution in [2.45, 2.75) is 57.9 Å². The zero-order chi connectivity index (χ0) is 12.7. The lowest BCUT2D eigenvalue weighted by molar-refractivity contribution is -0.146. The summed E-state index contributed by atoms with van der Waals surface area (Å²) in [4.78, 5) is 25.1. The summed E-state index contributed by atoms with van der Waals surface area (Å²) in [7, 11) is 1.75. The van der Waals surface area contributed by atoms with Crippen molar-refractivity contribution < 1.29 is 9.59 Å². The van der Waals surface area contributed by atoms with E-state index >= 15 is 0 Å². The monoisotopic (exact) mass is 240 g/mol. The van der Waals surface area contributed by atoms with E-state index < -0.39 is 5.91 Å². The fourth-order valence-electron chi connectivity index (χ4n) is 2.25. The highest BCUT2D eigenvalue weighted by Gasteiger charge is 2.26. The van der Waals surface area contributed by atoms with Crippen molar-refractivity contribution >= 4 is 11.8 Å². The molecule has 0 heterocycles. The molecule has 2 amide bonds. The van der Waals surface area contributed by atoms with Crippen LogP contribution in [0.1, 0.15) is 51.9 Å². The number of carbonyl (C=O) groups is 2. The molecular formula is C13H24N2O2. The Hall–Kier alpha value is -1.06. The molecule has 0 unspecified atom stereocenters. The van der Waals surface area contributed by atoms with Crippen LogP contribution in [0, 0.1) is 0 Å². The van der Waals surface area contributed by atoms with Gasteiger partial charge in [0.15, 0.2) is 0 Å². The van der Waals surface area contributed by atoms with E-state index in [1.807, 2.05) is 0 Å².